The summed E-state index contributed by atoms with van der Waals surface area (Å²) in [6.07, 6.45) is 1.51. The summed E-state index contributed by atoms with van der Waals surface area (Å²) >= 11 is 6.68. The second-order valence-corrected chi connectivity index (χ2v) is 5.96. The zero-order valence-electron chi connectivity index (χ0n) is 9.11. The van der Waals surface area contributed by atoms with Crippen molar-refractivity contribution in [2.45, 2.75) is 25.0 Å². The van der Waals surface area contributed by atoms with Gasteiger partial charge in [-0.3, -0.25) is 4.79 Å². The van der Waals surface area contributed by atoms with Crippen LogP contribution >= 0.6 is 35.2 Å². The zero-order valence-corrected chi connectivity index (χ0v) is 12.2. The van der Waals surface area contributed by atoms with E-state index in [2.05, 4.69) is 48.2 Å². The number of hydrogen-bond donors (Lipinski definition) is 1. The van der Waals surface area contributed by atoms with Crippen molar-refractivity contribution in [2.24, 2.45) is 0 Å². The number of halogens is 1. The largest absolute Gasteiger partial charge is 0.311 e. The van der Waals surface area contributed by atoms with Crippen molar-refractivity contribution in [3.63, 3.8) is 0 Å². The van der Waals surface area contributed by atoms with Crippen molar-refractivity contribution < 1.29 is 4.79 Å². The number of thiol groups is 1. The molecule has 1 unspecified atom stereocenters. The topological polar surface area (TPSA) is 20.3 Å². The van der Waals surface area contributed by atoms with E-state index < -0.39 is 0 Å². The van der Waals surface area contributed by atoms with Crippen molar-refractivity contribution in [2.75, 3.05) is 11.4 Å². The number of nitrogens with zero attached hydrogens (tertiary/aromatic N) is 1. The Morgan fingerprint density at radius 1 is 1.56 bits per heavy atom. The van der Waals surface area contributed by atoms with Crippen molar-refractivity contribution in [3.05, 3.63) is 27.3 Å². The van der Waals surface area contributed by atoms with E-state index in [9.17, 15) is 4.79 Å². The Balaban J connectivity index is 2.36. The van der Waals surface area contributed by atoms with Gasteiger partial charge < -0.3 is 4.90 Å². The first-order chi connectivity index (χ1) is 7.61. The predicted octanol–water partition coefficient (Wildman–Crippen LogP) is 2.89. The summed E-state index contributed by atoms with van der Waals surface area (Å²) in [7, 11) is 0. The van der Waals surface area contributed by atoms with Crippen LogP contribution in [0.1, 0.15) is 18.9 Å². The molecule has 1 aromatic carbocycles. The number of carbonyl (C=O) groups is 1. The fraction of sp³-hybridized carbons (Fsp3) is 0.417. The lowest BCUT2D eigenvalue weighted by Crippen LogP contribution is -2.25. The molecule has 0 bridgehead atoms. The summed E-state index contributed by atoms with van der Waals surface area (Å²) < 4.78 is 1.22. The van der Waals surface area contributed by atoms with Gasteiger partial charge in [-0.1, -0.05) is 6.92 Å². The highest BCUT2D eigenvalue weighted by atomic mass is 127. The first kappa shape index (κ1) is 12.2. The van der Waals surface area contributed by atoms with Crippen LogP contribution in [0.2, 0.25) is 0 Å². The quantitative estimate of drug-likeness (QED) is 0.644. The molecule has 1 aliphatic heterocycles. The van der Waals surface area contributed by atoms with Gasteiger partial charge in [0.2, 0.25) is 5.91 Å². The van der Waals surface area contributed by atoms with Gasteiger partial charge in [-0.15, -0.1) is 0 Å². The SMILES string of the molecule is CCc1cc(I)ccc1N1CC(S)CC1=O. The first-order valence-electron chi connectivity index (χ1n) is 5.38. The van der Waals surface area contributed by atoms with E-state index in [1.54, 1.807) is 0 Å². The van der Waals surface area contributed by atoms with E-state index in [1.165, 1.54) is 9.13 Å². The second-order valence-electron chi connectivity index (χ2n) is 3.99. The highest BCUT2D eigenvalue weighted by molar-refractivity contribution is 14.1. The van der Waals surface area contributed by atoms with Crippen LogP contribution in [0, 0.1) is 3.57 Å². The van der Waals surface area contributed by atoms with Crippen molar-refractivity contribution >= 4 is 46.8 Å². The maximum atomic E-state index is 11.8. The molecular weight excluding hydrogens is 333 g/mol. The predicted molar refractivity (Wildman–Crippen MR) is 78.3 cm³/mol. The molecule has 0 N–H and O–H groups in total. The lowest BCUT2D eigenvalue weighted by atomic mass is 10.1. The maximum absolute atomic E-state index is 11.8. The molecule has 1 saturated heterocycles. The smallest absolute Gasteiger partial charge is 0.228 e. The Morgan fingerprint density at radius 2 is 2.31 bits per heavy atom. The highest BCUT2D eigenvalue weighted by Crippen LogP contribution is 2.28. The van der Waals surface area contributed by atoms with Gasteiger partial charge >= 0.3 is 0 Å². The van der Waals surface area contributed by atoms with Crippen molar-refractivity contribution in [1.29, 1.82) is 0 Å². The standard InChI is InChI=1S/C12H14INOS/c1-2-8-5-9(13)3-4-11(8)14-7-10(16)6-12(14)15/h3-5,10,16H,2,6-7H2,1H3. The number of amides is 1. The molecule has 1 amide bonds. The molecule has 1 aromatic rings. The number of aryl methyl sites for hydroxylation is 1. The molecule has 0 spiro atoms. The fourth-order valence-corrected chi connectivity index (χ4v) is 2.90. The molecule has 4 heteroatoms. The van der Waals surface area contributed by atoms with Crippen LogP contribution in [0.5, 0.6) is 0 Å². The molecule has 1 atom stereocenters. The van der Waals surface area contributed by atoms with Gasteiger partial charge in [0.15, 0.2) is 0 Å². The van der Waals surface area contributed by atoms with Gasteiger partial charge in [0, 0.05) is 27.5 Å². The van der Waals surface area contributed by atoms with E-state index in [0.717, 1.165) is 18.7 Å². The van der Waals surface area contributed by atoms with E-state index in [-0.39, 0.29) is 11.2 Å². The van der Waals surface area contributed by atoms with Crippen LogP contribution in [0.3, 0.4) is 0 Å². The normalized spacial score (nSPS) is 20.6. The van der Waals surface area contributed by atoms with Gasteiger partial charge in [-0.2, -0.15) is 12.6 Å². The first-order valence-corrected chi connectivity index (χ1v) is 6.98. The molecular formula is C12H14INOS. The van der Waals surface area contributed by atoms with E-state index in [1.807, 2.05) is 17.0 Å². The average Bonchev–Trinajstić information content (AvgIpc) is 2.57. The van der Waals surface area contributed by atoms with Crippen molar-refractivity contribution in [1.82, 2.24) is 0 Å². The lowest BCUT2D eigenvalue weighted by molar-refractivity contribution is -0.117. The molecule has 0 aromatic heterocycles. The summed E-state index contributed by atoms with van der Waals surface area (Å²) in [6.45, 7) is 2.85. The number of rotatable bonds is 2. The molecule has 86 valence electrons. The molecule has 0 saturated carbocycles. The lowest BCUT2D eigenvalue weighted by Gasteiger charge is -2.19. The molecule has 2 rings (SSSR count). The van der Waals surface area contributed by atoms with Crippen LogP contribution in [0.15, 0.2) is 18.2 Å². The molecule has 1 aliphatic rings. The van der Waals surface area contributed by atoms with Gasteiger partial charge in [0.05, 0.1) is 0 Å². The minimum atomic E-state index is 0.177. The van der Waals surface area contributed by atoms with Crippen LogP contribution in [-0.2, 0) is 11.2 Å². The number of carbonyl (C=O) groups excluding carboxylic acids is 1. The third-order valence-electron chi connectivity index (χ3n) is 2.82. The molecule has 0 aliphatic carbocycles. The minimum absolute atomic E-state index is 0.177. The molecule has 0 radical (unpaired) electrons. The Morgan fingerprint density at radius 3 is 2.88 bits per heavy atom. The van der Waals surface area contributed by atoms with Crippen LogP contribution < -0.4 is 4.90 Å². The molecule has 16 heavy (non-hydrogen) atoms. The third-order valence-corrected chi connectivity index (χ3v) is 3.83. The average molecular weight is 347 g/mol. The second kappa shape index (κ2) is 4.96. The summed E-state index contributed by atoms with van der Waals surface area (Å²) in [6, 6.07) is 6.24. The summed E-state index contributed by atoms with van der Waals surface area (Å²) in [5, 5.41) is 0.177. The van der Waals surface area contributed by atoms with Crippen LogP contribution in [0.25, 0.3) is 0 Å². The van der Waals surface area contributed by atoms with Gasteiger partial charge in [0.25, 0.3) is 0 Å². The number of benzene rings is 1. The monoisotopic (exact) mass is 347 g/mol. The Bertz CT molecular complexity index is 421. The van der Waals surface area contributed by atoms with Gasteiger partial charge in [0.1, 0.15) is 0 Å². The Labute approximate surface area is 115 Å². The van der Waals surface area contributed by atoms with E-state index in [4.69, 9.17) is 0 Å². The number of anilines is 1. The van der Waals surface area contributed by atoms with E-state index in [0.29, 0.717) is 6.42 Å². The Hall–Kier alpha value is -0.230. The summed E-state index contributed by atoms with van der Waals surface area (Å²) in [5.41, 5.74) is 2.30. The summed E-state index contributed by atoms with van der Waals surface area (Å²) in [4.78, 5) is 13.7. The number of hydrogen-bond acceptors (Lipinski definition) is 2. The maximum Gasteiger partial charge on any atom is 0.228 e. The van der Waals surface area contributed by atoms with Gasteiger partial charge in [-0.25, -0.2) is 0 Å². The summed E-state index contributed by atoms with van der Waals surface area (Å²) in [5.74, 6) is 0.191. The molecule has 1 heterocycles. The van der Waals surface area contributed by atoms with Crippen LogP contribution in [-0.4, -0.2) is 17.7 Å². The molecule has 2 nitrogen and oxygen atoms in total. The Kier molecular flexibility index (Phi) is 3.79. The van der Waals surface area contributed by atoms with E-state index >= 15 is 0 Å². The van der Waals surface area contributed by atoms with Crippen LogP contribution in [0.4, 0.5) is 5.69 Å². The fourth-order valence-electron chi connectivity index (χ4n) is 2.02. The minimum Gasteiger partial charge on any atom is -0.311 e. The van der Waals surface area contributed by atoms with Gasteiger partial charge in [-0.05, 0) is 52.8 Å². The third kappa shape index (κ3) is 2.37. The van der Waals surface area contributed by atoms with Crippen molar-refractivity contribution in [3.8, 4) is 0 Å². The molecule has 1 fully saturated rings. The highest BCUT2D eigenvalue weighted by Gasteiger charge is 2.29. The zero-order chi connectivity index (χ0) is 11.7.